The highest BCUT2D eigenvalue weighted by Gasteiger charge is 2.10. The smallest absolute Gasteiger partial charge is 0.277 e. The standard InChI is InChI=1S/C21H24Br3N3O2/c1-3-9-27(10-4-2)17-7-5-15(6-8-17)13-25-26-20(28)14-29-21-18(23)11-16(22)12-19(21)24/h5-8,11-13H,3-4,9-10,14H2,1-2H3,(H,26,28). The number of carbonyl (C=O) groups excluding carboxylic acids is 1. The molecule has 0 fully saturated rings. The van der Waals surface area contributed by atoms with Crippen LogP contribution in [0.15, 0.2) is 54.9 Å². The minimum atomic E-state index is -0.336. The lowest BCUT2D eigenvalue weighted by atomic mass is 10.2. The molecule has 0 aliphatic rings. The minimum absolute atomic E-state index is 0.141. The Morgan fingerprint density at radius 1 is 1.07 bits per heavy atom. The van der Waals surface area contributed by atoms with Crippen molar-refractivity contribution in [1.29, 1.82) is 0 Å². The van der Waals surface area contributed by atoms with Crippen molar-refractivity contribution >= 4 is 65.6 Å². The summed E-state index contributed by atoms with van der Waals surface area (Å²) in [4.78, 5) is 14.4. The summed E-state index contributed by atoms with van der Waals surface area (Å²) in [5.74, 6) is 0.225. The molecule has 1 N–H and O–H groups in total. The molecule has 2 rings (SSSR count). The number of hydrazone groups is 1. The van der Waals surface area contributed by atoms with E-state index in [1.165, 1.54) is 5.69 Å². The van der Waals surface area contributed by atoms with Crippen molar-refractivity contribution in [2.24, 2.45) is 5.10 Å². The molecule has 1 amide bonds. The summed E-state index contributed by atoms with van der Waals surface area (Å²) in [5, 5.41) is 4.01. The van der Waals surface area contributed by atoms with Crippen LogP contribution in [-0.2, 0) is 4.79 Å². The van der Waals surface area contributed by atoms with Crippen molar-refractivity contribution in [3.63, 3.8) is 0 Å². The van der Waals surface area contributed by atoms with Crippen molar-refractivity contribution < 1.29 is 9.53 Å². The monoisotopic (exact) mass is 587 g/mol. The first-order valence-electron chi connectivity index (χ1n) is 9.38. The maximum atomic E-state index is 12.0. The zero-order valence-electron chi connectivity index (χ0n) is 16.4. The lowest BCUT2D eigenvalue weighted by Gasteiger charge is -2.23. The van der Waals surface area contributed by atoms with Crippen LogP contribution in [0.4, 0.5) is 5.69 Å². The number of amides is 1. The van der Waals surface area contributed by atoms with Gasteiger partial charge in [-0.15, -0.1) is 0 Å². The van der Waals surface area contributed by atoms with Gasteiger partial charge in [-0.2, -0.15) is 5.10 Å². The summed E-state index contributed by atoms with van der Waals surface area (Å²) in [7, 11) is 0. The number of nitrogens with one attached hydrogen (secondary N) is 1. The normalized spacial score (nSPS) is 10.9. The molecular formula is C21H24Br3N3O2. The highest BCUT2D eigenvalue weighted by Crippen LogP contribution is 2.36. The highest BCUT2D eigenvalue weighted by molar-refractivity contribution is 9.11. The molecule has 0 aromatic heterocycles. The molecular weight excluding hydrogens is 566 g/mol. The van der Waals surface area contributed by atoms with Crippen LogP contribution in [0.5, 0.6) is 5.75 Å². The summed E-state index contributed by atoms with van der Waals surface area (Å²) < 4.78 is 7.96. The van der Waals surface area contributed by atoms with Gasteiger partial charge >= 0.3 is 0 Å². The molecule has 5 nitrogen and oxygen atoms in total. The van der Waals surface area contributed by atoms with Crippen LogP contribution in [0.1, 0.15) is 32.3 Å². The maximum absolute atomic E-state index is 12.0. The highest BCUT2D eigenvalue weighted by atomic mass is 79.9. The number of anilines is 1. The van der Waals surface area contributed by atoms with Crippen molar-refractivity contribution in [2.45, 2.75) is 26.7 Å². The number of hydrogen-bond donors (Lipinski definition) is 1. The fourth-order valence-corrected chi connectivity index (χ4v) is 5.18. The summed E-state index contributed by atoms with van der Waals surface area (Å²) in [6.07, 6.45) is 3.85. The second-order valence-electron chi connectivity index (χ2n) is 6.36. The Morgan fingerprint density at radius 2 is 1.66 bits per heavy atom. The third-order valence-electron chi connectivity index (χ3n) is 3.96. The molecule has 29 heavy (non-hydrogen) atoms. The number of ether oxygens (including phenoxy) is 1. The van der Waals surface area contributed by atoms with Crippen molar-refractivity contribution in [2.75, 3.05) is 24.6 Å². The van der Waals surface area contributed by atoms with E-state index in [1.807, 2.05) is 24.3 Å². The van der Waals surface area contributed by atoms with Gasteiger partial charge in [-0.25, -0.2) is 5.43 Å². The Morgan fingerprint density at radius 3 is 2.21 bits per heavy atom. The summed E-state index contributed by atoms with van der Waals surface area (Å²) in [6.45, 7) is 6.32. The largest absolute Gasteiger partial charge is 0.481 e. The zero-order valence-corrected chi connectivity index (χ0v) is 21.2. The molecule has 0 spiro atoms. The molecule has 0 saturated carbocycles. The van der Waals surface area contributed by atoms with Gasteiger partial charge in [0.15, 0.2) is 6.61 Å². The van der Waals surface area contributed by atoms with Gasteiger partial charge in [0.05, 0.1) is 15.2 Å². The number of nitrogens with zero attached hydrogens (tertiary/aromatic N) is 2. The van der Waals surface area contributed by atoms with E-state index in [9.17, 15) is 4.79 Å². The molecule has 0 aliphatic heterocycles. The molecule has 0 bridgehead atoms. The van der Waals surface area contributed by atoms with Gasteiger partial charge in [-0.1, -0.05) is 41.9 Å². The Balaban J connectivity index is 1.87. The van der Waals surface area contributed by atoms with E-state index in [0.29, 0.717) is 5.75 Å². The van der Waals surface area contributed by atoms with E-state index in [0.717, 1.165) is 44.9 Å². The Labute approximate surface area is 197 Å². The fraction of sp³-hybridized carbons (Fsp3) is 0.333. The van der Waals surface area contributed by atoms with E-state index >= 15 is 0 Å². The van der Waals surface area contributed by atoms with Crippen LogP contribution < -0.4 is 15.1 Å². The number of benzene rings is 2. The van der Waals surface area contributed by atoms with Crippen molar-refractivity contribution in [1.82, 2.24) is 5.43 Å². The van der Waals surface area contributed by atoms with Crippen molar-refractivity contribution in [3.05, 3.63) is 55.4 Å². The van der Waals surface area contributed by atoms with Crippen LogP contribution >= 0.6 is 47.8 Å². The molecule has 0 radical (unpaired) electrons. The van der Waals surface area contributed by atoms with Gasteiger partial charge in [-0.3, -0.25) is 4.79 Å². The number of hydrogen-bond acceptors (Lipinski definition) is 4. The third kappa shape index (κ3) is 7.75. The van der Waals surface area contributed by atoms with E-state index < -0.39 is 0 Å². The molecule has 0 unspecified atom stereocenters. The van der Waals surface area contributed by atoms with Gasteiger partial charge in [0.2, 0.25) is 0 Å². The maximum Gasteiger partial charge on any atom is 0.277 e. The minimum Gasteiger partial charge on any atom is -0.481 e. The SMILES string of the molecule is CCCN(CCC)c1ccc(C=NNC(=O)COc2c(Br)cc(Br)cc2Br)cc1. The van der Waals surface area contributed by atoms with Crippen LogP contribution in [0, 0.1) is 0 Å². The van der Waals surface area contributed by atoms with E-state index in [4.69, 9.17) is 4.74 Å². The topological polar surface area (TPSA) is 53.9 Å². The van der Waals surface area contributed by atoms with E-state index in [-0.39, 0.29) is 12.5 Å². The first kappa shape index (κ1) is 23.9. The Bertz CT molecular complexity index is 813. The molecule has 0 atom stereocenters. The molecule has 8 heteroatoms. The first-order chi connectivity index (χ1) is 13.9. The van der Waals surface area contributed by atoms with E-state index in [2.05, 4.69) is 89.2 Å². The van der Waals surface area contributed by atoms with Gasteiger partial charge in [-0.05, 0) is 74.5 Å². The van der Waals surface area contributed by atoms with Crippen LogP contribution in [-0.4, -0.2) is 31.8 Å². The Kier molecular flexibility index (Phi) is 10.2. The summed E-state index contributed by atoms with van der Waals surface area (Å²) >= 11 is 10.2. The third-order valence-corrected chi connectivity index (χ3v) is 5.59. The molecule has 2 aromatic rings. The number of carbonyl (C=O) groups is 1. The van der Waals surface area contributed by atoms with Crippen LogP contribution in [0.25, 0.3) is 0 Å². The molecule has 156 valence electrons. The van der Waals surface area contributed by atoms with Gasteiger partial charge in [0.25, 0.3) is 5.91 Å². The van der Waals surface area contributed by atoms with Crippen molar-refractivity contribution in [3.8, 4) is 5.75 Å². The second kappa shape index (κ2) is 12.3. The molecule has 0 saturated heterocycles. The second-order valence-corrected chi connectivity index (χ2v) is 8.98. The number of halogens is 3. The van der Waals surface area contributed by atoms with Gasteiger partial charge in [0, 0.05) is 23.2 Å². The summed E-state index contributed by atoms with van der Waals surface area (Å²) in [5.41, 5.74) is 4.61. The molecule has 0 heterocycles. The molecule has 0 aliphatic carbocycles. The average molecular weight is 590 g/mol. The fourth-order valence-electron chi connectivity index (χ4n) is 2.70. The Hall–Kier alpha value is -1.38. The van der Waals surface area contributed by atoms with Crippen LogP contribution in [0.2, 0.25) is 0 Å². The van der Waals surface area contributed by atoms with Crippen LogP contribution in [0.3, 0.4) is 0 Å². The van der Waals surface area contributed by atoms with Gasteiger partial charge in [0.1, 0.15) is 5.75 Å². The average Bonchev–Trinajstić information content (AvgIpc) is 2.67. The van der Waals surface area contributed by atoms with Gasteiger partial charge < -0.3 is 9.64 Å². The van der Waals surface area contributed by atoms with E-state index in [1.54, 1.807) is 6.21 Å². The first-order valence-corrected chi connectivity index (χ1v) is 11.8. The quantitative estimate of drug-likeness (QED) is 0.268. The predicted molar refractivity (Wildman–Crippen MR) is 130 cm³/mol. The summed E-state index contributed by atoms with van der Waals surface area (Å²) in [6, 6.07) is 11.9. The lowest BCUT2D eigenvalue weighted by molar-refractivity contribution is -0.123. The molecule has 2 aromatic carbocycles. The number of rotatable bonds is 10. The zero-order chi connectivity index (χ0) is 21.2. The predicted octanol–water partition coefficient (Wildman–Crippen LogP) is 6.13. The lowest BCUT2D eigenvalue weighted by Crippen LogP contribution is -2.25.